The molecule has 1 aliphatic carbocycles. The first kappa shape index (κ1) is 30.2. The number of aromatic nitrogens is 4. The van der Waals surface area contributed by atoms with Crippen molar-refractivity contribution in [1.82, 2.24) is 19.5 Å². The summed E-state index contributed by atoms with van der Waals surface area (Å²) in [6.45, 7) is 4.80. The zero-order valence-electron chi connectivity index (χ0n) is 29.2. The second-order valence-corrected chi connectivity index (χ2v) is 15.4. The van der Waals surface area contributed by atoms with Gasteiger partial charge in [0, 0.05) is 64.3 Å². The molecule has 0 spiro atoms. The SMILES string of the molecule is CC1(C)c2ccccc2-c2c1c1c(c3ccccc3n1-c1ccc(-c3nc(-c4ccccc4)nc(-c4ccccc4)n3)cc1)c1c2sc2ccccc21. The molecule has 4 nitrogen and oxygen atoms in total. The Morgan fingerprint density at radius 2 is 1.06 bits per heavy atom. The molecular weight excluding hydrogens is 665 g/mol. The summed E-state index contributed by atoms with van der Waals surface area (Å²) in [7, 11) is 0. The van der Waals surface area contributed by atoms with E-state index in [4.69, 9.17) is 15.0 Å². The molecule has 0 N–H and O–H groups in total. The van der Waals surface area contributed by atoms with Crippen molar-refractivity contribution in [3.63, 3.8) is 0 Å². The first-order valence-electron chi connectivity index (χ1n) is 18.0. The standard InChI is InChI=1S/C48H32N4S/c1-48(2)36-22-12-9-19-33(36)41-42(48)43-39(40-35-21-11-14-24-38(35)53-44(40)41)34-20-10-13-23-37(34)52(43)32-27-25-31(26-28-32)47-50-45(29-15-5-3-6-16-29)49-46(51-47)30-17-7-4-8-18-30/h3-28H,1-2H3. The van der Waals surface area contributed by atoms with E-state index in [2.05, 4.69) is 115 Å². The maximum atomic E-state index is 5.01. The lowest BCUT2D eigenvalue weighted by molar-refractivity contribution is 0.664. The highest BCUT2D eigenvalue weighted by molar-refractivity contribution is 7.26. The highest BCUT2D eigenvalue weighted by Crippen LogP contribution is 2.58. The fourth-order valence-electron chi connectivity index (χ4n) is 8.64. The summed E-state index contributed by atoms with van der Waals surface area (Å²) >= 11 is 1.93. The van der Waals surface area contributed by atoms with E-state index in [0.29, 0.717) is 17.5 Å². The van der Waals surface area contributed by atoms with Gasteiger partial charge in [-0.3, -0.25) is 0 Å². The van der Waals surface area contributed by atoms with Gasteiger partial charge in [0.1, 0.15) is 0 Å². The van der Waals surface area contributed by atoms with Crippen molar-refractivity contribution in [3.05, 3.63) is 169 Å². The molecule has 0 saturated heterocycles. The van der Waals surface area contributed by atoms with Crippen LogP contribution >= 0.6 is 11.3 Å². The van der Waals surface area contributed by atoms with E-state index in [0.717, 1.165) is 22.4 Å². The molecule has 250 valence electrons. The summed E-state index contributed by atoms with van der Waals surface area (Å²) in [5.74, 6) is 1.96. The average molecular weight is 697 g/mol. The highest BCUT2D eigenvalue weighted by atomic mass is 32.1. The van der Waals surface area contributed by atoms with Crippen LogP contribution < -0.4 is 0 Å². The molecule has 3 heterocycles. The minimum absolute atomic E-state index is 0.201. The van der Waals surface area contributed by atoms with Crippen LogP contribution in [0.15, 0.2) is 158 Å². The summed E-state index contributed by atoms with van der Waals surface area (Å²) in [6.07, 6.45) is 0. The van der Waals surface area contributed by atoms with E-state index in [1.807, 2.05) is 72.0 Å². The molecule has 0 fully saturated rings. The second-order valence-electron chi connectivity index (χ2n) is 14.4. The Hall–Kier alpha value is -6.43. The smallest absolute Gasteiger partial charge is 0.164 e. The highest BCUT2D eigenvalue weighted by Gasteiger charge is 2.41. The molecule has 10 aromatic rings. The minimum atomic E-state index is -0.201. The summed E-state index contributed by atoms with van der Waals surface area (Å²) in [5.41, 5.74) is 11.7. The monoisotopic (exact) mass is 696 g/mol. The Morgan fingerprint density at radius 3 is 1.74 bits per heavy atom. The van der Waals surface area contributed by atoms with Crippen LogP contribution in [0, 0.1) is 0 Å². The van der Waals surface area contributed by atoms with Crippen LogP contribution in [-0.2, 0) is 5.41 Å². The number of fused-ring (bicyclic) bond motifs is 12. The van der Waals surface area contributed by atoms with Crippen LogP contribution in [0.1, 0.15) is 25.0 Å². The maximum absolute atomic E-state index is 5.01. The first-order chi connectivity index (χ1) is 26.1. The Morgan fingerprint density at radius 1 is 0.509 bits per heavy atom. The fraction of sp³-hybridized carbons (Fsp3) is 0.0625. The summed E-state index contributed by atoms with van der Waals surface area (Å²) < 4.78 is 5.20. The lowest BCUT2D eigenvalue weighted by Crippen LogP contribution is -2.16. The second kappa shape index (κ2) is 11.3. The number of hydrogen-bond donors (Lipinski definition) is 0. The number of rotatable bonds is 4. The molecule has 53 heavy (non-hydrogen) atoms. The Bertz CT molecular complexity index is 3010. The van der Waals surface area contributed by atoms with Crippen LogP contribution in [0.3, 0.4) is 0 Å². The van der Waals surface area contributed by atoms with Crippen molar-refractivity contribution in [1.29, 1.82) is 0 Å². The number of thiophene rings is 1. The van der Waals surface area contributed by atoms with E-state index in [9.17, 15) is 0 Å². The van der Waals surface area contributed by atoms with Gasteiger partial charge in [-0.2, -0.15) is 0 Å². The largest absolute Gasteiger partial charge is 0.309 e. The molecule has 1 aliphatic rings. The van der Waals surface area contributed by atoms with Gasteiger partial charge in [0.05, 0.1) is 11.0 Å². The zero-order chi connectivity index (χ0) is 35.3. The quantitative estimate of drug-likeness (QED) is 0.184. The molecule has 11 rings (SSSR count). The van der Waals surface area contributed by atoms with Gasteiger partial charge < -0.3 is 4.57 Å². The molecular formula is C48H32N4S. The average Bonchev–Trinajstić information content (AvgIpc) is 3.84. The van der Waals surface area contributed by atoms with E-state index in [1.165, 1.54) is 64.2 Å². The third kappa shape index (κ3) is 4.38. The molecule has 0 bridgehead atoms. The Labute approximate surface area is 310 Å². The van der Waals surface area contributed by atoms with E-state index in [1.54, 1.807) is 0 Å². The van der Waals surface area contributed by atoms with Crippen LogP contribution in [-0.4, -0.2) is 19.5 Å². The van der Waals surface area contributed by atoms with Crippen LogP contribution in [0.25, 0.3) is 93.0 Å². The van der Waals surface area contributed by atoms with Crippen molar-refractivity contribution in [2.24, 2.45) is 0 Å². The lowest BCUT2D eigenvalue weighted by atomic mass is 9.81. The van der Waals surface area contributed by atoms with Gasteiger partial charge in [-0.1, -0.05) is 135 Å². The predicted octanol–water partition coefficient (Wildman–Crippen LogP) is 12.6. The molecule has 0 saturated carbocycles. The first-order valence-corrected chi connectivity index (χ1v) is 18.9. The van der Waals surface area contributed by atoms with Gasteiger partial charge >= 0.3 is 0 Å². The molecule has 0 amide bonds. The van der Waals surface area contributed by atoms with Crippen molar-refractivity contribution < 1.29 is 0 Å². The zero-order valence-corrected chi connectivity index (χ0v) is 30.0. The normalized spacial score (nSPS) is 13.2. The molecule has 0 aliphatic heterocycles. The van der Waals surface area contributed by atoms with Gasteiger partial charge in [-0.05, 0) is 53.1 Å². The van der Waals surface area contributed by atoms with Crippen LogP contribution in [0.2, 0.25) is 0 Å². The third-order valence-electron chi connectivity index (χ3n) is 11.0. The summed E-state index contributed by atoms with van der Waals surface area (Å²) in [6, 6.07) is 55.9. The fourth-order valence-corrected chi connectivity index (χ4v) is 9.92. The molecule has 0 atom stereocenters. The van der Waals surface area contributed by atoms with Crippen molar-refractivity contribution in [2.75, 3.05) is 0 Å². The molecule has 0 radical (unpaired) electrons. The van der Waals surface area contributed by atoms with Gasteiger partial charge in [-0.15, -0.1) is 11.3 Å². The van der Waals surface area contributed by atoms with E-state index in [-0.39, 0.29) is 5.41 Å². The number of benzene rings is 7. The topological polar surface area (TPSA) is 43.6 Å². The Kier molecular flexibility index (Phi) is 6.43. The van der Waals surface area contributed by atoms with Crippen molar-refractivity contribution in [3.8, 4) is 51.0 Å². The number of nitrogens with zero attached hydrogens (tertiary/aromatic N) is 4. The van der Waals surface area contributed by atoms with E-state index < -0.39 is 0 Å². The van der Waals surface area contributed by atoms with Crippen molar-refractivity contribution >= 4 is 53.3 Å². The van der Waals surface area contributed by atoms with Gasteiger partial charge in [0.25, 0.3) is 0 Å². The van der Waals surface area contributed by atoms with E-state index >= 15 is 0 Å². The predicted molar refractivity (Wildman–Crippen MR) is 221 cm³/mol. The summed E-state index contributed by atoms with van der Waals surface area (Å²) in [4.78, 5) is 14.9. The molecule has 7 aromatic carbocycles. The summed E-state index contributed by atoms with van der Waals surface area (Å²) in [5, 5.41) is 5.27. The van der Waals surface area contributed by atoms with Gasteiger partial charge in [0.15, 0.2) is 17.5 Å². The van der Waals surface area contributed by atoms with Gasteiger partial charge in [0.2, 0.25) is 0 Å². The molecule has 3 aromatic heterocycles. The Balaban J connectivity index is 1.18. The third-order valence-corrected chi connectivity index (χ3v) is 12.2. The molecule has 5 heteroatoms. The maximum Gasteiger partial charge on any atom is 0.164 e. The molecule has 0 unspecified atom stereocenters. The van der Waals surface area contributed by atoms with Crippen LogP contribution in [0.4, 0.5) is 0 Å². The van der Waals surface area contributed by atoms with Crippen molar-refractivity contribution in [2.45, 2.75) is 19.3 Å². The lowest BCUT2D eigenvalue weighted by Gasteiger charge is -2.24. The number of para-hydroxylation sites is 1. The number of hydrogen-bond acceptors (Lipinski definition) is 4. The van der Waals surface area contributed by atoms with Crippen LogP contribution in [0.5, 0.6) is 0 Å². The van der Waals surface area contributed by atoms with Gasteiger partial charge in [-0.25, -0.2) is 15.0 Å². The minimum Gasteiger partial charge on any atom is -0.309 e.